The van der Waals surface area contributed by atoms with Gasteiger partial charge < -0.3 is 0 Å². The fourth-order valence-electron chi connectivity index (χ4n) is 5.61. The summed E-state index contributed by atoms with van der Waals surface area (Å²) in [5.74, 6) is 0. The molecule has 6 aromatic carbocycles. The second-order valence-electron chi connectivity index (χ2n) is 10.6. The Hall–Kier alpha value is -5.49. The average molecular weight is 675 g/mol. The van der Waals surface area contributed by atoms with Crippen LogP contribution in [0.4, 0.5) is 11.4 Å². The van der Waals surface area contributed by atoms with E-state index in [1.807, 2.05) is 22.7 Å². The normalized spacial score (nSPS) is 12.5. The Labute approximate surface area is 276 Å². The molecule has 0 saturated carbocycles. The van der Waals surface area contributed by atoms with Crippen LogP contribution in [0.25, 0.3) is 51.5 Å². The van der Waals surface area contributed by atoms with Crippen LogP contribution in [0, 0.1) is 20.2 Å². The Balaban J connectivity index is 0.000000117. The Kier molecular flexibility index (Phi) is 7.72. The maximum Gasteiger partial charge on any atom is 0.270 e. The highest BCUT2D eigenvalue weighted by Gasteiger charge is 2.35. The molecule has 2 aromatic heterocycles. The number of rotatable bonds is 2. The van der Waals surface area contributed by atoms with Gasteiger partial charge in [-0.15, -0.1) is 22.7 Å². The van der Waals surface area contributed by atoms with Gasteiger partial charge in [0.15, 0.2) is 0 Å². The van der Waals surface area contributed by atoms with E-state index < -0.39 is 19.7 Å². The minimum absolute atomic E-state index is 0.202. The number of hydrogen-bond acceptors (Lipinski definition) is 8. The molecule has 0 radical (unpaired) electrons. The number of fused-ring (bicyclic) bond motifs is 9. The molecule has 0 fully saturated rings. The molecule has 0 unspecified atom stereocenters. The molecular weight excluding hydrogens is 653 g/mol. The summed E-state index contributed by atoms with van der Waals surface area (Å²) in [5.41, 5.74) is -0.0738. The van der Waals surface area contributed by atoms with Crippen molar-refractivity contribution in [2.24, 2.45) is 0 Å². The molecule has 8 nitrogen and oxygen atoms in total. The van der Waals surface area contributed by atoms with E-state index in [1.165, 1.54) is 64.6 Å². The van der Waals surface area contributed by atoms with Crippen LogP contribution in [0.15, 0.2) is 143 Å². The van der Waals surface area contributed by atoms with E-state index in [-0.39, 0.29) is 21.2 Å². The molecule has 1 aliphatic heterocycles. The molecule has 0 bridgehead atoms. The summed E-state index contributed by atoms with van der Waals surface area (Å²) in [7, 11) is -3.99. The van der Waals surface area contributed by atoms with E-state index in [0.717, 1.165) is 12.1 Å². The standard InChI is InChI=1S/C12H6N2O6S.2C12H8S/c15-13(16)7-1-3-9-10-4-2-8(14(17)18)6-12(10)21(19,20)11(9)5-7;2*1-3-7-11-9(5-1)10-6-2-4-8-12(10)13-11/h1-6H;2*1-8H. The summed E-state index contributed by atoms with van der Waals surface area (Å²) in [6.45, 7) is 0. The van der Waals surface area contributed by atoms with E-state index in [9.17, 15) is 28.6 Å². The zero-order valence-electron chi connectivity index (χ0n) is 24.3. The van der Waals surface area contributed by atoms with Crippen molar-refractivity contribution in [2.45, 2.75) is 9.79 Å². The SMILES string of the molecule is O=[N+]([O-])c1ccc2c(c1)S(=O)(=O)c1cc([N+](=O)[O-])ccc1-2.c1ccc2c(c1)sc1ccccc12.c1ccc2c(c1)sc1ccccc12. The van der Waals surface area contributed by atoms with Crippen molar-refractivity contribution in [3.05, 3.63) is 154 Å². The van der Waals surface area contributed by atoms with E-state index in [4.69, 9.17) is 0 Å². The number of benzene rings is 6. The number of nitrogens with zero attached hydrogens (tertiary/aromatic N) is 2. The molecule has 3 heterocycles. The van der Waals surface area contributed by atoms with Gasteiger partial charge in [0, 0.05) is 75.7 Å². The predicted molar refractivity (Wildman–Crippen MR) is 189 cm³/mol. The van der Waals surface area contributed by atoms with Crippen LogP contribution in [0.5, 0.6) is 0 Å². The van der Waals surface area contributed by atoms with Crippen LogP contribution in [-0.4, -0.2) is 18.3 Å². The van der Waals surface area contributed by atoms with E-state index in [2.05, 4.69) is 97.1 Å². The lowest BCUT2D eigenvalue weighted by atomic mass is 10.1. The van der Waals surface area contributed by atoms with Crippen LogP contribution in [0.3, 0.4) is 0 Å². The number of non-ortho nitro benzene ring substituents is 2. The highest BCUT2D eigenvalue weighted by molar-refractivity contribution is 7.92. The molecule has 9 rings (SSSR count). The lowest BCUT2D eigenvalue weighted by Crippen LogP contribution is -1.99. The highest BCUT2D eigenvalue weighted by atomic mass is 32.2. The molecule has 0 atom stereocenters. The first-order valence-electron chi connectivity index (χ1n) is 14.3. The van der Waals surface area contributed by atoms with Gasteiger partial charge >= 0.3 is 0 Å². The third-order valence-corrected chi connectivity index (χ3v) is 11.9. The van der Waals surface area contributed by atoms with Crippen LogP contribution < -0.4 is 0 Å². The number of thiophene rings is 2. The van der Waals surface area contributed by atoms with Crippen molar-refractivity contribution >= 4 is 84.2 Å². The van der Waals surface area contributed by atoms with Gasteiger partial charge in [-0.25, -0.2) is 8.42 Å². The van der Waals surface area contributed by atoms with Crippen molar-refractivity contribution in [1.82, 2.24) is 0 Å². The van der Waals surface area contributed by atoms with E-state index in [1.54, 1.807) is 0 Å². The first kappa shape index (κ1) is 30.2. The van der Waals surface area contributed by atoms with Gasteiger partial charge in [-0.2, -0.15) is 0 Å². The number of nitro benzene ring substituents is 2. The molecular formula is C36H22N2O6S3. The molecule has 1 aliphatic rings. The number of sulfone groups is 1. The Morgan fingerprint density at radius 2 is 0.745 bits per heavy atom. The molecule has 8 aromatic rings. The highest BCUT2D eigenvalue weighted by Crippen LogP contribution is 2.45. The fourth-order valence-corrected chi connectivity index (χ4v) is 9.54. The van der Waals surface area contributed by atoms with Gasteiger partial charge in [0.2, 0.25) is 9.84 Å². The summed E-state index contributed by atoms with van der Waals surface area (Å²) >= 11 is 3.72. The van der Waals surface area contributed by atoms with E-state index in [0.29, 0.717) is 11.1 Å². The third-order valence-electron chi connectivity index (χ3n) is 7.79. The third kappa shape index (κ3) is 5.50. The van der Waals surface area contributed by atoms with Crippen molar-refractivity contribution in [1.29, 1.82) is 0 Å². The molecule has 0 spiro atoms. The van der Waals surface area contributed by atoms with Crippen molar-refractivity contribution in [3.63, 3.8) is 0 Å². The molecule has 0 saturated heterocycles. The average Bonchev–Trinajstić information content (AvgIpc) is 3.73. The summed E-state index contributed by atoms with van der Waals surface area (Å²) in [4.78, 5) is 19.7. The molecule has 47 heavy (non-hydrogen) atoms. The lowest BCUT2D eigenvalue weighted by Gasteiger charge is -1.98. The molecule has 230 valence electrons. The van der Waals surface area contributed by atoms with Gasteiger partial charge in [-0.1, -0.05) is 72.8 Å². The second-order valence-corrected chi connectivity index (χ2v) is 14.6. The van der Waals surface area contributed by atoms with Crippen LogP contribution in [0.2, 0.25) is 0 Å². The molecule has 0 aliphatic carbocycles. The van der Waals surface area contributed by atoms with Gasteiger partial charge in [-0.05, 0) is 36.4 Å². The van der Waals surface area contributed by atoms with Gasteiger partial charge in [0.25, 0.3) is 11.4 Å². The maximum absolute atomic E-state index is 12.4. The fraction of sp³-hybridized carbons (Fsp3) is 0. The summed E-state index contributed by atoms with van der Waals surface area (Å²) < 4.78 is 30.3. The monoisotopic (exact) mass is 674 g/mol. The van der Waals surface area contributed by atoms with E-state index >= 15 is 0 Å². The minimum atomic E-state index is -3.99. The van der Waals surface area contributed by atoms with Gasteiger partial charge in [0.05, 0.1) is 19.6 Å². The summed E-state index contributed by atoms with van der Waals surface area (Å²) in [6.07, 6.45) is 0. The summed E-state index contributed by atoms with van der Waals surface area (Å²) in [5, 5.41) is 27.0. The van der Waals surface area contributed by atoms with Crippen molar-refractivity contribution in [3.8, 4) is 11.1 Å². The van der Waals surface area contributed by atoms with Crippen LogP contribution in [-0.2, 0) is 9.84 Å². The first-order chi connectivity index (χ1) is 22.7. The van der Waals surface area contributed by atoms with Gasteiger partial charge in [-0.3, -0.25) is 20.2 Å². The number of hydrogen-bond donors (Lipinski definition) is 0. The van der Waals surface area contributed by atoms with Crippen molar-refractivity contribution < 1.29 is 18.3 Å². The van der Waals surface area contributed by atoms with Crippen LogP contribution in [0.1, 0.15) is 0 Å². The molecule has 0 N–H and O–H groups in total. The number of nitro groups is 2. The minimum Gasteiger partial charge on any atom is -0.258 e. The molecule has 11 heteroatoms. The second kappa shape index (κ2) is 12.0. The first-order valence-corrected chi connectivity index (χ1v) is 17.4. The Morgan fingerprint density at radius 1 is 0.447 bits per heavy atom. The van der Waals surface area contributed by atoms with Gasteiger partial charge in [0.1, 0.15) is 0 Å². The van der Waals surface area contributed by atoms with Crippen molar-refractivity contribution in [2.75, 3.05) is 0 Å². The smallest absolute Gasteiger partial charge is 0.258 e. The quantitative estimate of drug-likeness (QED) is 0.133. The zero-order valence-corrected chi connectivity index (χ0v) is 26.7. The van der Waals surface area contributed by atoms with Crippen LogP contribution >= 0.6 is 22.7 Å². The Morgan fingerprint density at radius 3 is 1.04 bits per heavy atom. The Bertz CT molecular complexity index is 2350. The topological polar surface area (TPSA) is 120 Å². The summed E-state index contributed by atoms with van der Waals surface area (Å²) in [6, 6.07) is 41.3. The zero-order chi connectivity index (χ0) is 32.7. The largest absolute Gasteiger partial charge is 0.270 e. The lowest BCUT2D eigenvalue weighted by molar-refractivity contribution is -0.385. The molecule has 0 amide bonds. The maximum atomic E-state index is 12.4. The predicted octanol–water partition coefficient (Wildman–Crippen LogP) is 10.4.